The van der Waals surface area contributed by atoms with Gasteiger partial charge < -0.3 is 10.3 Å². The Labute approximate surface area is 111 Å². The van der Waals surface area contributed by atoms with Gasteiger partial charge in [-0.3, -0.25) is 0 Å². The van der Waals surface area contributed by atoms with Crippen LogP contribution in [0.3, 0.4) is 0 Å². The lowest BCUT2D eigenvalue weighted by atomic mass is 10.0. The summed E-state index contributed by atoms with van der Waals surface area (Å²) in [5.74, 6) is 1.29. The lowest BCUT2D eigenvalue weighted by molar-refractivity contribution is 0.312. The van der Waals surface area contributed by atoms with E-state index >= 15 is 0 Å². The molecule has 0 saturated carbocycles. The van der Waals surface area contributed by atoms with Crippen LogP contribution in [0.15, 0.2) is 28.8 Å². The van der Waals surface area contributed by atoms with Gasteiger partial charge in [-0.25, -0.2) is 0 Å². The highest BCUT2D eigenvalue weighted by Crippen LogP contribution is 2.24. The summed E-state index contributed by atoms with van der Waals surface area (Å²) < 4.78 is 5.21. The molecule has 18 heavy (non-hydrogen) atoms. The third-order valence-corrected chi connectivity index (χ3v) is 3.30. The van der Waals surface area contributed by atoms with E-state index in [-0.39, 0.29) is 6.04 Å². The molecule has 5 heteroatoms. The van der Waals surface area contributed by atoms with Crippen LogP contribution < -0.4 is 5.73 Å². The normalized spacial score (nSPS) is 14.4. The van der Waals surface area contributed by atoms with Crippen LogP contribution in [0.4, 0.5) is 0 Å². The molecule has 1 aromatic carbocycles. The first-order valence-corrected chi connectivity index (χ1v) is 6.34. The van der Waals surface area contributed by atoms with Crippen molar-refractivity contribution in [3.05, 3.63) is 35.2 Å². The Morgan fingerprint density at radius 2 is 2.22 bits per heavy atom. The second kappa shape index (κ2) is 5.50. The molecular weight excluding hydrogens is 250 g/mol. The van der Waals surface area contributed by atoms with Crippen LogP contribution in [0.2, 0.25) is 5.02 Å². The molecule has 0 aliphatic heterocycles. The summed E-state index contributed by atoms with van der Waals surface area (Å²) in [5.41, 5.74) is 6.88. The lowest BCUT2D eigenvalue weighted by Crippen LogP contribution is -2.18. The highest BCUT2D eigenvalue weighted by atomic mass is 35.5. The van der Waals surface area contributed by atoms with E-state index in [1.807, 2.05) is 12.1 Å². The second-order valence-electron chi connectivity index (χ2n) is 4.38. The molecule has 0 amide bonds. The van der Waals surface area contributed by atoms with Gasteiger partial charge in [0.15, 0.2) is 0 Å². The summed E-state index contributed by atoms with van der Waals surface area (Å²) >= 11 is 5.93. The van der Waals surface area contributed by atoms with E-state index in [0.29, 0.717) is 22.7 Å². The monoisotopic (exact) mass is 265 g/mol. The Hall–Kier alpha value is -1.39. The van der Waals surface area contributed by atoms with Gasteiger partial charge in [0.1, 0.15) is 0 Å². The molecule has 2 aromatic rings. The molecule has 1 heterocycles. The Morgan fingerprint density at radius 1 is 1.44 bits per heavy atom. The molecule has 2 unspecified atom stereocenters. The van der Waals surface area contributed by atoms with Gasteiger partial charge in [-0.2, -0.15) is 4.98 Å². The fourth-order valence-corrected chi connectivity index (χ4v) is 1.80. The highest BCUT2D eigenvalue weighted by Gasteiger charge is 2.20. The largest absolute Gasteiger partial charge is 0.337 e. The maximum atomic E-state index is 6.05. The molecule has 0 fully saturated rings. The Bertz CT molecular complexity index is 526. The van der Waals surface area contributed by atoms with Gasteiger partial charge >= 0.3 is 0 Å². The van der Waals surface area contributed by atoms with Crippen LogP contribution in [-0.2, 0) is 0 Å². The van der Waals surface area contributed by atoms with E-state index in [9.17, 15) is 0 Å². The fourth-order valence-electron chi connectivity index (χ4n) is 1.61. The van der Waals surface area contributed by atoms with Gasteiger partial charge in [-0.05, 0) is 18.1 Å². The average molecular weight is 266 g/mol. The van der Waals surface area contributed by atoms with E-state index < -0.39 is 0 Å². The first-order chi connectivity index (χ1) is 8.61. The van der Waals surface area contributed by atoms with E-state index in [1.54, 1.807) is 12.1 Å². The van der Waals surface area contributed by atoms with Crippen molar-refractivity contribution < 1.29 is 4.52 Å². The van der Waals surface area contributed by atoms with Crippen LogP contribution >= 0.6 is 11.6 Å². The SMILES string of the molecule is CCC(C)C(N)c1nc(-c2cccc(Cl)c2)no1. The molecule has 0 bridgehead atoms. The Balaban J connectivity index is 2.25. The molecule has 4 nitrogen and oxygen atoms in total. The van der Waals surface area contributed by atoms with Crippen LogP contribution in [0.25, 0.3) is 11.4 Å². The Kier molecular flexibility index (Phi) is 3.99. The van der Waals surface area contributed by atoms with Crippen molar-refractivity contribution in [1.29, 1.82) is 0 Å². The minimum Gasteiger partial charge on any atom is -0.337 e. The van der Waals surface area contributed by atoms with Crippen molar-refractivity contribution in [3.63, 3.8) is 0 Å². The molecule has 2 rings (SSSR count). The summed E-state index contributed by atoms with van der Waals surface area (Å²) in [6.07, 6.45) is 0.968. The quantitative estimate of drug-likeness (QED) is 0.920. The summed E-state index contributed by atoms with van der Waals surface area (Å²) in [4.78, 5) is 4.33. The number of nitrogens with two attached hydrogens (primary N) is 1. The van der Waals surface area contributed by atoms with Gasteiger partial charge in [0, 0.05) is 10.6 Å². The molecule has 0 spiro atoms. The van der Waals surface area contributed by atoms with Gasteiger partial charge in [0.05, 0.1) is 6.04 Å². The summed E-state index contributed by atoms with van der Waals surface area (Å²) in [7, 11) is 0. The summed E-state index contributed by atoms with van der Waals surface area (Å²) in [5, 5.41) is 4.58. The molecule has 0 saturated heterocycles. The molecule has 1 aromatic heterocycles. The van der Waals surface area contributed by atoms with Crippen LogP contribution in [-0.4, -0.2) is 10.1 Å². The zero-order chi connectivity index (χ0) is 13.1. The summed E-state index contributed by atoms with van der Waals surface area (Å²) in [6.45, 7) is 4.15. The number of rotatable bonds is 4. The first kappa shape index (κ1) is 13.1. The zero-order valence-corrected chi connectivity index (χ0v) is 11.2. The third-order valence-electron chi connectivity index (χ3n) is 3.07. The van der Waals surface area contributed by atoms with Crippen molar-refractivity contribution in [1.82, 2.24) is 10.1 Å². The smallest absolute Gasteiger partial charge is 0.244 e. The number of benzene rings is 1. The third kappa shape index (κ3) is 2.71. The van der Waals surface area contributed by atoms with Crippen molar-refractivity contribution in [3.8, 4) is 11.4 Å². The van der Waals surface area contributed by atoms with Crippen molar-refractivity contribution >= 4 is 11.6 Å². The Morgan fingerprint density at radius 3 is 2.89 bits per heavy atom. The molecule has 2 atom stereocenters. The number of halogens is 1. The number of aromatic nitrogens is 2. The standard InChI is InChI=1S/C13H16ClN3O/c1-3-8(2)11(15)13-16-12(17-18-13)9-5-4-6-10(14)7-9/h4-8,11H,3,15H2,1-2H3. The van der Waals surface area contributed by atoms with Crippen molar-refractivity contribution in [2.45, 2.75) is 26.3 Å². The molecule has 2 N–H and O–H groups in total. The van der Waals surface area contributed by atoms with Gasteiger partial charge in [0.2, 0.25) is 11.7 Å². The molecule has 96 valence electrons. The minimum absolute atomic E-state index is 0.226. The van der Waals surface area contributed by atoms with Crippen molar-refractivity contribution in [2.75, 3.05) is 0 Å². The van der Waals surface area contributed by atoms with Gasteiger partial charge in [-0.1, -0.05) is 49.2 Å². The van der Waals surface area contributed by atoms with Gasteiger partial charge in [0.25, 0.3) is 0 Å². The van der Waals surface area contributed by atoms with Crippen LogP contribution in [0.1, 0.15) is 32.2 Å². The minimum atomic E-state index is -0.226. The highest BCUT2D eigenvalue weighted by molar-refractivity contribution is 6.30. The van der Waals surface area contributed by atoms with E-state index in [4.69, 9.17) is 21.9 Å². The van der Waals surface area contributed by atoms with E-state index in [2.05, 4.69) is 24.0 Å². The molecule has 0 radical (unpaired) electrons. The fraction of sp³-hybridized carbons (Fsp3) is 0.385. The van der Waals surface area contributed by atoms with E-state index in [0.717, 1.165) is 12.0 Å². The zero-order valence-electron chi connectivity index (χ0n) is 10.4. The van der Waals surface area contributed by atoms with Crippen molar-refractivity contribution in [2.24, 2.45) is 11.7 Å². The van der Waals surface area contributed by atoms with Crippen LogP contribution in [0, 0.1) is 5.92 Å². The first-order valence-electron chi connectivity index (χ1n) is 5.97. The molecule has 0 aliphatic carbocycles. The van der Waals surface area contributed by atoms with E-state index in [1.165, 1.54) is 0 Å². The predicted molar refractivity (Wildman–Crippen MR) is 71.1 cm³/mol. The summed E-state index contributed by atoms with van der Waals surface area (Å²) in [6, 6.07) is 7.11. The predicted octanol–water partition coefficient (Wildman–Crippen LogP) is 3.44. The maximum Gasteiger partial charge on any atom is 0.244 e. The van der Waals surface area contributed by atoms with Crippen LogP contribution in [0.5, 0.6) is 0 Å². The maximum absolute atomic E-state index is 6.05. The average Bonchev–Trinajstić information content (AvgIpc) is 2.86. The number of hydrogen-bond acceptors (Lipinski definition) is 4. The second-order valence-corrected chi connectivity index (χ2v) is 4.81. The van der Waals surface area contributed by atoms with Gasteiger partial charge in [-0.15, -0.1) is 0 Å². The lowest BCUT2D eigenvalue weighted by Gasteiger charge is -2.12. The topological polar surface area (TPSA) is 64.9 Å². The number of hydrogen-bond donors (Lipinski definition) is 1. The number of nitrogens with zero attached hydrogens (tertiary/aromatic N) is 2. The molecule has 0 aliphatic rings. The molecular formula is C13H16ClN3O.